The van der Waals surface area contributed by atoms with E-state index >= 15 is 0 Å². The van der Waals surface area contributed by atoms with E-state index in [1.807, 2.05) is 72.8 Å². The van der Waals surface area contributed by atoms with Gasteiger partial charge in [0.15, 0.2) is 17.5 Å². The van der Waals surface area contributed by atoms with Crippen LogP contribution >= 0.6 is 0 Å². The molecule has 0 spiro atoms. The summed E-state index contributed by atoms with van der Waals surface area (Å²) in [4.78, 5) is 17.4. The van der Waals surface area contributed by atoms with Gasteiger partial charge in [-0.15, -0.1) is 0 Å². The molecule has 2 heterocycles. The van der Waals surface area contributed by atoms with Crippen LogP contribution in [0.25, 0.3) is 89.1 Å². The van der Waals surface area contributed by atoms with Crippen molar-refractivity contribution in [3.8, 4) is 56.4 Å². The quantitative estimate of drug-likeness (QED) is 0.174. The molecule has 10 aromatic rings. The molecule has 0 N–H and O–H groups in total. The van der Waals surface area contributed by atoms with E-state index in [-0.39, 0.29) is 0 Å². The first kappa shape index (κ1) is 30.3. The zero-order valence-corrected chi connectivity index (χ0v) is 29.0. The Hall–Kier alpha value is -7.37. The van der Waals surface area contributed by atoms with Crippen LogP contribution in [-0.4, -0.2) is 15.0 Å². The van der Waals surface area contributed by atoms with Crippen LogP contribution < -0.4 is 4.90 Å². The predicted molar refractivity (Wildman–Crippen MR) is 220 cm³/mol. The molecule has 8 aromatic carbocycles. The van der Waals surface area contributed by atoms with Gasteiger partial charge in [0.05, 0.1) is 5.69 Å². The Morgan fingerprint density at radius 3 is 1.63 bits per heavy atom. The summed E-state index contributed by atoms with van der Waals surface area (Å²) < 4.78 is 6.69. The average molecular weight is 691 g/mol. The Labute approximate surface area is 311 Å². The minimum absolute atomic E-state index is 0.597. The second-order valence-electron chi connectivity index (χ2n) is 13.6. The van der Waals surface area contributed by atoms with Crippen molar-refractivity contribution in [1.82, 2.24) is 15.0 Å². The maximum absolute atomic E-state index is 6.69. The monoisotopic (exact) mass is 690 g/mol. The van der Waals surface area contributed by atoms with E-state index in [4.69, 9.17) is 19.4 Å². The van der Waals surface area contributed by atoms with Crippen LogP contribution in [0.2, 0.25) is 0 Å². The molecule has 1 aliphatic rings. The van der Waals surface area contributed by atoms with Gasteiger partial charge in [0.1, 0.15) is 11.2 Å². The fraction of sp³-hybridized carbons (Fsp3) is 0. The molecule has 5 heteroatoms. The molecule has 0 unspecified atom stereocenters. The summed E-state index contributed by atoms with van der Waals surface area (Å²) in [6, 6.07) is 63.2. The fourth-order valence-electron chi connectivity index (χ4n) is 8.06. The van der Waals surface area contributed by atoms with E-state index in [0.717, 1.165) is 55.7 Å². The lowest BCUT2D eigenvalue weighted by Crippen LogP contribution is -2.10. The Bertz CT molecular complexity index is 2960. The predicted octanol–water partition coefficient (Wildman–Crippen LogP) is 13.0. The van der Waals surface area contributed by atoms with Crippen LogP contribution in [-0.2, 0) is 0 Å². The van der Waals surface area contributed by atoms with Gasteiger partial charge >= 0.3 is 0 Å². The first-order valence-electron chi connectivity index (χ1n) is 18.1. The highest BCUT2D eigenvalue weighted by Crippen LogP contribution is 2.51. The maximum Gasteiger partial charge on any atom is 0.164 e. The summed E-state index contributed by atoms with van der Waals surface area (Å²) in [7, 11) is 0. The second kappa shape index (κ2) is 12.1. The Balaban J connectivity index is 1.10. The molecule has 0 saturated heterocycles. The lowest BCUT2D eigenvalue weighted by molar-refractivity contribution is 0.669. The summed E-state index contributed by atoms with van der Waals surface area (Å²) in [5, 5.41) is 4.46. The maximum atomic E-state index is 6.69. The van der Waals surface area contributed by atoms with Gasteiger partial charge in [0, 0.05) is 50.3 Å². The number of aromatic nitrogens is 3. The van der Waals surface area contributed by atoms with Crippen molar-refractivity contribution >= 4 is 49.8 Å². The van der Waals surface area contributed by atoms with Crippen LogP contribution in [0.5, 0.6) is 0 Å². The number of nitrogens with zero attached hydrogens (tertiary/aromatic N) is 4. The number of fused-ring (bicyclic) bond motifs is 6. The van der Waals surface area contributed by atoms with E-state index in [1.54, 1.807) is 0 Å². The van der Waals surface area contributed by atoms with Gasteiger partial charge in [-0.1, -0.05) is 140 Å². The summed E-state index contributed by atoms with van der Waals surface area (Å²) in [5.74, 6) is 1.84. The molecule has 0 amide bonds. The van der Waals surface area contributed by atoms with E-state index in [2.05, 4.69) is 114 Å². The van der Waals surface area contributed by atoms with Crippen LogP contribution in [0.1, 0.15) is 0 Å². The summed E-state index contributed by atoms with van der Waals surface area (Å²) in [5.41, 5.74) is 12.6. The van der Waals surface area contributed by atoms with Crippen molar-refractivity contribution in [3.05, 3.63) is 182 Å². The van der Waals surface area contributed by atoms with Crippen molar-refractivity contribution < 1.29 is 4.42 Å². The lowest BCUT2D eigenvalue weighted by atomic mass is 10.00. The molecule has 252 valence electrons. The first-order valence-corrected chi connectivity index (χ1v) is 18.1. The number of rotatable bonds is 6. The first-order chi connectivity index (χ1) is 26.8. The number of para-hydroxylation sites is 1. The minimum atomic E-state index is 0.597. The zero-order chi connectivity index (χ0) is 35.6. The third kappa shape index (κ3) is 4.76. The second-order valence-corrected chi connectivity index (χ2v) is 13.6. The van der Waals surface area contributed by atoms with Gasteiger partial charge in [-0.25, -0.2) is 15.0 Å². The van der Waals surface area contributed by atoms with Crippen molar-refractivity contribution in [2.24, 2.45) is 0 Å². The molecule has 0 fully saturated rings. The molecule has 1 aliphatic carbocycles. The zero-order valence-electron chi connectivity index (χ0n) is 29.0. The molecular weight excluding hydrogens is 661 g/mol. The van der Waals surface area contributed by atoms with Gasteiger partial charge in [0.2, 0.25) is 0 Å². The molecule has 54 heavy (non-hydrogen) atoms. The van der Waals surface area contributed by atoms with Crippen molar-refractivity contribution in [1.29, 1.82) is 0 Å². The highest BCUT2D eigenvalue weighted by Gasteiger charge is 2.25. The highest BCUT2D eigenvalue weighted by molar-refractivity contribution is 6.19. The van der Waals surface area contributed by atoms with Gasteiger partial charge in [-0.3, -0.25) is 0 Å². The normalized spacial score (nSPS) is 11.7. The highest BCUT2D eigenvalue weighted by atomic mass is 16.3. The van der Waals surface area contributed by atoms with Crippen LogP contribution in [0, 0.1) is 0 Å². The van der Waals surface area contributed by atoms with E-state index < -0.39 is 0 Å². The van der Waals surface area contributed by atoms with Crippen LogP contribution in [0.15, 0.2) is 186 Å². The molecule has 5 nitrogen and oxygen atoms in total. The summed E-state index contributed by atoms with van der Waals surface area (Å²) >= 11 is 0. The average Bonchev–Trinajstić information content (AvgIpc) is 3.79. The van der Waals surface area contributed by atoms with Crippen LogP contribution in [0.3, 0.4) is 0 Å². The Morgan fingerprint density at radius 2 is 0.926 bits per heavy atom. The summed E-state index contributed by atoms with van der Waals surface area (Å²) in [6.07, 6.45) is 0. The third-order valence-corrected chi connectivity index (χ3v) is 10.5. The molecule has 0 aliphatic heterocycles. The molecule has 11 rings (SSSR count). The van der Waals surface area contributed by atoms with Crippen LogP contribution in [0.4, 0.5) is 17.1 Å². The lowest BCUT2D eigenvalue weighted by Gasteiger charge is -2.27. The van der Waals surface area contributed by atoms with Crippen molar-refractivity contribution in [2.75, 3.05) is 4.90 Å². The van der Waals surface area contributed by atoms with E-state index in [1.165, 1.54) is 33.0 Å². The number of furan rings is 1. The largest absolute Gasteiger partial charge is 0.456 e. The van der Waals surface area contributed by atoms with Gasteiger partial charge in [-0.2, -0.15) is 0 Å². The number of benzene rings is 8. The smallest absolute Gasteiger partial charge is 0.164 e. The van der Waals surface area contributed by atoms with Crippen molar-refractivity contribution in [3.63, 3.8) is 0 Å². The standard InChI is InChI=1S/C49H30N4O/c1-4-14-31(15-5-1)47-50-48(32-16-6-2-7-17-32)52-49(51-47)41-24-13-25-43-46(41)40-27-26-34(30-44(40)54-43)53(33-18-8-3-9-19-33)42-29-28-38-36-21-11-10-20-35(36)37-22-12-23-39(42)45(37)38/h1-30H. The molecule has 0 bridgehead atoms. The van der Waals surface area contributed by atoms with Gasteiger partial charge < -0.3 is 9.32 Å². The van der Waals surface area contributed by atoms with E-state index in [9.17, 15) is 0 Å². The van der Waals surface area contributed by atoms with E-state index in [0.29, 0.717) is 17.5 Å². The molecule has 0 radical (unpaired) electrons. The number of hydrogen-bond acceptors (Lipinski definition) is 5. The molecular formula is C49H30N4O. The topological polar surface area (TPSA) is 55.1 Å². The minimum Gasteiger partial charge on any atom is -0.456 e. The Kier molecular flexibility index (Phi) is 6.79. The molecule has 0 saturated carbocycles. The Morgan fingerprint density at radius 1 is 0.352 bits per heavy atom. The molecule has 2 aromatic heterocycles. The molecule has 0 atom stereocenters. The number of hydrogen-bond donors (Lipinski definition) is 0. The van der Waals surface area contributed by atoms with Gasteiger partial charge in [0.25, 0.3) is 0 Å². The fourth-order valence-corrected chi connectivity index (χ4v) is 8.06. The SMILES string of the molecule is c1ccc(-c2nc(-c3ccccc3)nc(-c3cccc4oc5cc(N(c6ccccc6)c6ccc7c8c(cccc68)-c6ccccc6-7)ccc5c34)n2)cc1. The number of anilines is 3. The van der Waals surface area contributed by atoms with Gasteiger partial charge in [-0.05, 0) is 64.0 Å². The third-order valence-electron chi connectivity index (χ3n) is 10.5. The van der Waals surface area contributed by atoms with Crippen molar-refractivity contribution in [2.45, 2.75) is 0 Å². The summed E-state index contributed by atoms with van der Waals surface area (Å²) in [6.45, 7) is 0.